The van der Waals surface area contributed by atoms with Crippen LogP contribution >= 0.6 is 0 Å². The highest BCUT2D eigenvalue weighted by Gasteiger charge is 2.28. The smallest absolute Gasteiger partial charge is 0.0940 e. The van der Waals surface area contributed by atoms with E-state index in [1.807, 2.05) is 0 Å². The van der Waals surface area contributed by atoms with Crippen molar-refractivity contribution < 1.29 is 0 Å². The molecule has 1 saturated heterocycles. The molecule has 0 spiro atoms. The Morgan fingerprint density at radius 3 is 2.77 bits per heavy atom. The number of nitriles is 1. The SMILES string of the molecule is CC1(C)CCN(CCC(N)C#N)C1. The Morgan fingerprint density at radius 1 is 1.62 bits per heavy atom. The molecule has 1 rings (SSSR count). The predicted octanol–water partition coefficient (Wildman–Crippen LogP) is 0.959. The molecule has 13 heavy (non-hydrogen) atoms. The highest BCUT2D eigenvalue weighted by molar-refractivity contribution is 4.89. The summed E-state index contributed by atoms with van der Waals surface area (Å²) >= 11 is 0. The first-order valence-electron chi connectivity index (χ1n) is 4.91. The second kappa shape index (κ2) is 4.08. The van der Waals surface area contributed by atoms with E-state index in [1.54, 1.807) is 0 Å². The Kier molecular flexibility index (Phi) is 3.29. The lowest BCUT2D eigenvalue weighted by atomic mass is 9.93. The van der Waals surface area contributed by atoms with E-state index in [0.717, 1.165) is 26.1 Å². The van der Waals surface area contributed by atoms with Crippen LogP contribution in [0.5, 0.6) is 0 Å². The van der Waals surface area contributed by atoms with Gasteiger partial charge in [0.25, 0.3) is 0 Å². The fourth-order valence-corrected chi connectivity index (χ4v) is 1.80. The van der Waals surface area contributed by atoms with Crippen LogP contribution in [0.25, 0.3) is 0 Å². The van der Waals surface area contributed by atoms with E-state index in [2.05, 4.69) is 24.8 Å². The van der Waals surface area contributed by atoms with E-state index < -0.39 is 0 Å². The third-order valence-electron chi connectivity index (χ3n) is 2.68. The van der Waals surface area contributed by atoms with Crippen molar-refractivity contribution in [2.45, 2.75) is 32.7 Å². The number of nitrogens with zero attached hydrogens (tertiary/aromatic N) is 2. The average molecular weight is 181 g/mol. The summed E-state index contributed by atoms with van der Waals surface area (Å²) in [4.78, 5) is 2.40. The molecule has 74 valence electrons. The number of likely N-dealkylation sites (tertiary alicyclic amines) is 1. The van der Waals surface area contributed by atoms with Crippen LogP contribution in [0.4, 0.5) is 0 Å². The molecule has 0 radical (unpaired) electrons. The first-order chi connectivity index (χ1) is 6.03. The van der Waals surface area contributed by atoms with Gasteiger partial charge in [-0.1, -0.05) is 13.8 Å². The molecule has 1 aliphatic rings. The van der Waals surface area contributed by atoms with E-state index >= 15 is 0 Å². The summed E-state index contributed by atoms with van der Waals surface area (Å²) in [6.07, 6.45) is 2.06. The van der Waals surface area contributed by atoms with E-state index in [0.29, 0.717) is 5.41 Å². The minimum atomic E-state index is -0.288. The summed E-state index contributed by atoms with van der Waals surface area (Å²) in [6.45, 7) is 7.85. The Balaban J connectivity index is 2.22. The summed E-state index contributed by atoms with van der Waals surface area (Å²) in [5.74, 6) is 0. The average Bonchev–Trinajstić information content (AvgIpc) is 2.41. The maximum absolute atomic E-state index is 8.52. The van der Waals surface area contributed by atoms with Crippen molar-refractivity contribution in [3.8, 4) is 6.07 Å². The second-order valence-electron chi connectivity index (χ2n) is 4.71. The normalized spacial score (nSPS) is 24.2. The second-order valence-corrected chi connectivity index (χ2v) is 4.71. The molecule has 1 fully saturated rings. The Bertz CT molecular complexity index is 205. The van der Waals surface area contributed by atoms with Crippen LogP contribution in [0.1, 0.15) is 26.7 Å². The molecule has 0 aliphatic carbocycles. The zero-order valence-corrected chi connectivity index (χ0v) is 8.58. The molecule has 1 unspecified atom stereocenters. The Hall–Kier alpha value is -0.590. The quantitative estimate of drug-likeness (QED) is 0.705. The molecule has 0 aromatic heterocycles. The van der Waals surface area contributed by atoms with Crippen LogP contribution in [-0.2, 0) is 0 Å². The zero-order valence-electron chi connectivity index (χ0n) is 8.58. The van der Waals surface area contributed by atoms with E-state index in [1.165, 1.54) is 6.42 Å². The Labute approximate surface area is 80.5 Å². The van der Waals surface area contributed by atoms with Crippen molar-refractivity contribution in [2.24, 2.45) is 11.1 Å². The van der Waals surface area contributed by atoms with Crippen LogP contribution in [0.2, 0.25) is 0 Å². The lowest BCUT2D eigenvalue weighted by molar-refractivity contribution is 0.285. The summed E-state index contributed by atoms with van der Waals surface area (Å²) in [5, 5.41) is 8.52. The monoisotopic (exact) mass is 181 g/mol. The van der Waals surface area contributed by atoms with Crippen molar-refractivity contribution in [1.29, 1.82) is 5.26 Å². The molecule has 0 bridgehead atoms. The molecule has 1 atom stereocenters. The molecule has 0 amide bonds. The molecule has 2 N–H and O–H groups in total. The maximum Gasteiger partial charge on any atom is 0.0940 e. The summed E-state index contributed by atoms with van der Waals surface area (Å²) in [5.41, 5.74) is 5.99. The third kappa shape index (κ3) is 3.33. The van der Waals surface area contributed by atoms with Gasteiger partial charge in [0.1, 0.15) is 0 Å². The predicted molar refractivity (Wildman–Crippen MR) is 53.0 cm³/mol. The standard InChI is InChI=1S/C10H19N3/c1-10(2)4-6-13(8-10)5-3-9(12)7-11/h9H,3-6,8,12H2,1-2H3. The summed E-state index contributed by atoms with van der Waals surface area (Å²) in [7, 11) is 0. The van der Waals surface area contributed by atoms with E-state index in [4.69, 9.17) is 11.0 Å². The lowest BCUT2D eigenvalue weighted by Crippen LogP contribution is -2.29. The fourth-order valence-electron chi connectivity index (χ4n) is 1.80. The van der Waals surface area contributed by atoms with Crippen molar-refractivity contribution in [3.05, 3.63) is 0 Å². The van der Waals surface area contributed by atoms with Gasteiger partial charge in [0.2, 0.25) is 0 Å². The van der Waals surface area contributed by atoms with Crippen LogP contribution in [0.3, 0.4) is 0 Å². The topological polar surface area (TPSA) is 53.0 Å². The molecule has 3 heteroatoms. The van der Waals surface area contributed by atoms with Crippen LogP contribution in [0, 0.1) is 16.7 Å². The molecular weight excluding hydrogens is 162 g/mol. The van der Waals surface area contributed by atoms with Gasteiger partial charge in [0.15, 0.2) is 0 Å². The molecule has 0 aromatic carbocycles. The van der Waals surface area contributed by atoms with Gasteiger partial charge in [-0.15, -0.1) is 0 Å². The van der Waals surface area contributed by atoms with Gasteiger partial charge in [-0.3, -0.25) is 0 Å². The van der Waals surface area contributed by atoms with Crippen molar-refractivity contribution in [2.75, 3.05) is 19.6 Å². The molecule has 3 nitrogen and oxygen atoms in total. The van der Waals surface area contributed by atoms with Crippen molar-refractivity contribution in [1.82, 2.24) is 4.90 Å². The van der Waals surface area contributed by atoms with Gasteiger partial charge < -0.3 is 10.6 Å². The Morgan fingerprint density at radius 2 is 2.31 bits per heavy atom. The number of hydrogen-bond donors (Lipinski definition) is 1. The lowest BCUT2D eigenvalue weighted by Gasteiger charge is -2.19. The highest BCUT2D eigenvalue weighted by Crippen LogP contribution is 2.28. The van der Waals surface area contributed by atoms with E-state index in [-0.39, 0.29) is 6.04 Å². The van der Waals surface area contributed by atoms with Gasteiger partial charge in [-0.05, 0) is 24.8 Å². The van der Waals surface area contributed by atoms with Gasteiger partial charge >= 0.3 is 0 Å². The van der Waals surface area contributed by atoms with Crippen molar-refractivity contribution >= 4 is 0 Å². The van der Waals surface area contributed by atoms with Gasteiger partial charge in [0, 0.05) is 13.1 Å². The van der Waals surface area contributed by atoms with Crippen LogP contribution in [-0.4, -0.2) is 30.6 Å². The molecular formula is C10H19N3. The highest BCUT2D eigenvalue weighted by atomic mass is 15.1. The minimum absolute atomic E-state index is 0.288. The molecule has 0 saturated carbocycles. The first kappa shape index (κ1) is 10.5. The van der Waals surface area contributed by atoms with Crippen LogP contribution < -0.4 is 5.73 Å². The van der Waals surface area contributed by atoms with Gasteiger partial charge in [-0.25, -0.2) is 0 Å². The van der Waals surface area contributed by atoms with Crippen LogP contribution in [0.15, 0.2) is 0 Å². The third-order valence-corrected chi connectivity index (χ3v) is 2.68. The number of nitrogens with two attached hydrogens (primary N) is 1. The zero-order chi connectivity index (χ0) is 9.90. The largest absolute Gasteiger partial charge is 0.316 e. The van der Waals surface area contributed by atoms with Gasteiger partial charge in [0.05, 0.1) is 12.1 Å². The summed E-state index contributed by atoms with van der Waals surface area (Å²) < 4.78 is 0. The minimum Gasteiger partial charge on any atom is -0.316 e. The molecule has 0 aromatic rings. The number of rotatable bonds is 3. The first-order valence-corrected chi connectivity index (χ1v) is 4.91. The molecule has 1 aliphatic heterocycles. The summed E-state index contributed by atoms with van der Waals surface area (Å²) in [6, 6.07) is 1.77. The van der Waals surface area contributed by atoms with E-state index in [9.17, 15) is 0 Å². The number of hydrogen-bond acceptors (Lipinski definition) is 3. The van der Waals surface area contributed by atoms with Gasteiger partial charge in [-0.2, -0.15) is 5.26 Å². The van der Waals surface area contributed by atoms with Crippen molar-refractivity contribution in [3.63, 3.8) is 0 Å². The fraction of sp³-hybridized carbons (Fsp3) is 0.900. The maximum atomic E-state index is 8.52. The molecule has 1 heterocycles.